The summed E-state index contributed by atoms with van der Waals surface area (Å²) in [6, 6.07) is 21.6. The predicted molar refractivity (Wildman–Crippen MR) is 284 cm³/mol. The van der Waals surface area contributed by atoms with E-state index >= 15 is 0 Å². The number of fused-ring (bicyclic) bond motifs is 2. The second kappa shape index (κ2) is 22.9. The van der Waals surface area contributed by atoms with Gasteiger partial charge in [0.15, 0.2) is 0 Å². The lowest BCUT2D eigenvalue weighted by Crippen LogP contribution is -2.26. The summed E-state index contributed by atoms with van der Waals surface area (Å²) in [5.41, 5.74) is 6.79. The molecule has 0 aliphatic heterocycles. The number of hydrogen-bond acceptors (Lipinski definition) is 18. The van der Waals surface area contributed by atoms with Crippen LogP contribution in [0, 0.1) is 0 Å². The summed E-state index contributed by atoms with van der Waals surface area (Å²) in [6.07, 6.45) is 10.6. The summed E-state index contributed by atoms with van der Waals surface area (Å²) in [5, 5.41) is 28.1. The van der Waals surface area contributed by atoms with Crippen LogP contribution in [-0.4, -0.2) is 93.1 Å². The summed E-state index contributed by atoms with van der Waals surface area (Å²) < 4.78 is 12.2. The third-order valence-electron chi connectivity index (χ3n) is 10.4. The second-order valence-corrected chi connectivity index (χ2v) is 32.4. The highest BCUT2D eigenvalue weighted by Crippen LogP contribution is 2.35. The lowest BCUT2D eigenvalue weighted by Gasteiger charge is -2.22. The molecule has 0 fully saturated rings. The molecule has 0 aromatic carbocycles. The van der Waals surface area contributed by atoms with E-state index in [1.165, 1.54) is 0 Å². The number of anilines is 8. The molecule has 8 aromatic rings. The molecule has 68 heavy (non-hydrogen) atoms. The molecule has 20 heteroatoms. The first-order valence-electron chi connectivity index (χ1n) is 22.8. The Balaban J connectivity index is 0.000000201. The fourth-order valence-electron chi connectivity index (χ4n) is 6.36. The van der Waals surface area contributed by atoms with Crippen molar-refractivity contribution in [3.05, 3.63) is 108 Å². The quantitative estimate of drug-likeness (QED) is 0.0418. The first kappa shape index (κ1) is 50.0. The molecule has 0 amide bonds. The summed E-state index contributed by atoms with van der Waals surface area (Å²) >= 11 is 3.15. The first-order chi connectivity index (χ1) is 32.6. The Morgan fingerprint density at radius 1 is 0.515 bits per heavy atom. The van der Waals surface area contributed by atoms with Gasteiger partial charge in [-0.1, -0.05) is 89.7 Å². The monoisotopic (exact) mass is 986 g/mol. The summed E-state index contributed by atoms with van der Waals surface area (Å²) in [6.45, 7) is 24.7. The Bertz CT molecular complexity index is 2650. The fourth-order valence-corrected chi connectivity index (χ4v) is 9.56. The largest absolute Gasteiger partial charge is 0.361 e. The van der Waals surface area contributed by atoms with Gasteiger partial charge in [0.2, 0.25) is 10.3 Å². The molecule has 16 nitrogen and oxygen atoms in total. The minimum Gasteiger partial charge on any atom is -0.361 e. The smallest absolute Gasteiger partial charge is 0.215 e. The Hall–Kier alpha value is -5.91. The number of pyridine rings is 6. The molecule has 0 aliphatic rings. The lowest BCUT2D eigenvalue weighted by molar-refractivity contribution is 0.153. The van der Waals surface area contributed by atoms with Gasteiger partial charge in [-0.25, -0.2) is 9.97 Å². The van der Waals surface area contributed by atoms with Gasteiger partial charge in [0.25, 0.3) is 0 Å². The Morgan fingerprint density at radius 2 is 0.912 bits per heavy atom. The van der Waals surface area contributed by atoms with Crippen LogP contribution in [0.4, 0.5) is 44.6 Å². The molecule has 0 saturated heterocycles. The molecule has 0 spiro atoms. The maximum absolute atomic E-state index is 6.11. The van der Waals surface area contributed by atoms with Crippen molar-refractivity contribution in [2.24, 2.45) is 0 Å². The average Bonchev–Trinajstić information content (AvgIpc) is 4.02. The first-order valence-corrected chi connectivity index (χ1v) is 31.9. The predicted octanol–water partition coefficient (Wildman–Crippen LogP) is 12.4. The molecule has 0 saturated carbocycles. The van der Waals surface area contributed by atoms with E-state index in [4.69, 9.17) is 19.4 Å². The van der Waals surface area contributed by atoms with E-state index in [0.717, 1.165) is 88.8 Å². The van der Waals surface area contributed by atoms with Crippen molar-refractivity contribution in [3.8, 4) is 0 Å². The van der Waals surface area contributed by atoms with Crippen LogP contribution in [0.2, 0.25) is 51.4 Å². The topological polar surface area (TPSA) is 178 Å². The Kier molecular flexibility index (Phi) is 16.9. The van der Waals surface area contributed by atoms with Crippen LogP contribution in [0.5, 0.6) is 0 Å². The van der Waals surface area contributed by atoms with E-state index in [2.05, 4.69) is 118 Å². The molecule has 8 rings (SSSR count). The van der Waals surface area contributed by atoms with Crippen LogP contribution < -0.4 is 20.4 Å². The Morgan fingerprint density at radius 3 is 1.26 bits per heavy atom. The summed E-state index contributed by atoms with van der Waals surface area (Å²) in [5.74, 6) is 2.12. The van der Waals surface area contributed by atoms with E-state index in [9.17, 15) is 0 Å². The van der Waals surface area contributed by atoms with E-state index in [1.807, 2.05) is 70.5 Å². The number of nitrogens with zero attached hydrogens (tertiary/aromatic N) is 12. The van der Waals surface area contributed by atoms with Crippen LogP contribution in [0.25, 0.3) is 22.1 Å². The second-order valence-electron chi connectivity index (χ2n) is 19.2. The van der Waals surface area contributed by atoms with Crippen molar-refractivity contribution < 1.29 is 9.47 Å². The van der Waals surface area contributed by atoms with E-state index in [-0.39, 0.29) is 0 Å². The normalized spacial score (nSPS) is 11.8. The van der Waals surface area contributed by atoms with Gasteiger partial charge < -0.3 is 20.1 Å². The Labute approximate surface area is 409 Å². The number of hydrogen-bond donors (Lipinski definition) is 2. The van der Waals surface area contributed by atoms with E-state index in [1.54, 1.807) is 59.9 Å². The fraction of sp³-hybridized carbons (Fsp3) is 0.375. The number of rotatable bonds is 20. The highest BCUT2D eigenvalue weighted by molar-refractivity contribution is 7.15. The highest BCUT2D eigenvalue weighted by atomic mass is 32.1. The van der Waals surface area contributed by atoms with Crippen LogP contribution in [0.15, 0.2) is 97.8 Å². The van der Waals surface area contributed by atoms with E-state index < -0.39 is 16.1 Å². The minimum absolute atomic E-state index is 0.311. The highest BCUT2D eigenvalue weighted by Gasteiger charge is 2.22. The molecule has 2 N–H and O–H groups in total. The van der Waals surface area contributed by atoms with Crippen molar-refractivity contribution in [1.29, 1.82) is 0 Å². The number of nitrogens with one attached hydrogen (secondary N) is 2. The molecule has 0 bridgehead atoms. The third-order valence-corrected chi connectivity index (χ3v) is 16.3. The van der Waals surface area contributed by atoms with Crippen molar-refractivity contribution in [1.82, 2.24) is 50.3 Å². The minimum atomic E-state index is -1.18. The molecule has 356 valence electrons. The van der Waals surface area contributed by atoms with E-state index in [0.29, 0.717) is 38.5 Å². The van der Waals surface area contributed by atoms with Crippen LogP contribution in [-0.2, 0) is 9.47 Å². The molecular weight excluding hydrogens is 925 g/mol. The average molecular weight is 987 g/mol. The zero-order valence-corrected chi connectivity index (χ0v) is 44.3. The van der Waals surface area contributed by atoms with Gasteiger partial charge in [-0.2, -0.15) is 0 Å². The van der Waals surface area contributed by atoms with Crippen molar-refractivity contribution in [2.45, 2.75) is 90.9 Å². The maximum Gasteiger partial charge on any atom is 0.215 e. The van der Waals surface area contributed by atoms with Gasteiger partial charge in [0.1, 0.15) is 46.1 Å². The molecule has 0 unspecified atom stereocenters. The van der Waals surface area contributed by atoms with Crippen LogP contribution in [0.3, 0.4) is 0 Å². The molecule has 8 aromatic heterocycles. The van der Waals surface area contributed by atoms with Gasteiger partial charge >= 0.3 is 0 Å². The van der Waals surface area contributed by atoms with Gasteiger partial charge in [-0.15, -0.1) is 20.4 Å². The SMILES string of the molecule is CC(C)c1nnc(N(COCC[Si](C)(C)C)c2ccc3nccc(Nc4ccncc4)c3n2)s1.CC(C)c1nnc(N(COCC[Si](C)(C)C)c2ccc3nccc(Nc4ccncc4)c3n2)s1. The van der Waals surface area contributed by atoms with Gasteiger partial charge in [0, 0.05) is 89.8 Å². The van der Waals surface area contributed by atoms with Gasteiger partial charge in [-0.05, 0) is 72.8 Å². The van der Waals surface area contributed by atoms with Crippen molar-refractivity contribution >= 4 is 106 Å². The van der Waals surface area contributed by atoms with Gasteiger partial charge in [-0.3, -0.25) is 29.7 Å². The van der Waals surface area contributed by atoms with Crippen molar-refractivity contribution in [3.63, 3.8) is 0 Å². The molecule has 0 aliphatic carbocycles. The molecule has 0 atom stereocenters. The maximum atomic E-state index is 6.11. The molecule has 0 radical (unpaired) electrons. The number of ether oxygens (including phenoxy) is 2. The van der Waals surface area contributed by atoms with Crippen LogP contribution in [0.1, 0.15) is 49.5 Å². The molecular formula is C48H62N14O2S2Si2. The zero-order chi connectivity index (χ0) is 48.3. The lowest BCUT2D eigenvalue weighted by atomic mass is 10.2. The van der Waals surface area contributed by atoms with Crippen LogP contribution >= 0.6 is 22.7 Å². The third kappa shape index (κ3) is 14.1. The summed E-state index contributed by atoms with van der Waals surface area (Å²) in [4.78, 5) is 31.1. The standard InChI is InChI=1S/2C24H31N7OSSi/c2*1-17(2)23-29-30-24(33-23)31(16-32-14-15-34(3,4)5)21-7-6-19-22(28-21)20(10-13-26-19)27-18-8-11-25-12-9-18/h2*6-13,17H,14-16H2,1-5H3,(H,25,26,27). The number of aromatic nitrogens is 10. The molecule has 8 heterocycles. The van der Waals surface area contributed by atoms with Crippen molar-refractivity contribution in [2.75, 3.05) is 47.1 Å². The zero-order valence-electron chi connectivity index (χ0n) is 40.6. The summed E-state index contributed by atoms with van der Waals surface area (Å²) in [7, 11) is -2.37. The van der Waals surface area contributed by atoms with Gasteiger partial charge in [0.05, 0.1) is 22.4 Å².